The second kappa shape index (κ2) is 8.09. The fourth-order valence-electron chi connectivity index (χ4n) is 2.44. The van der Waals surface area contributed by atoms with Gasteiger partial charge in [0.15, 0.2) is 6.61 Å². The lowest BCUT2D eigenvalue weighted by Crippen LogP contribution is -2.24. The van der Waals surface area contributed by atoms with Gasteiger partial charge in [-0.3, -0.25) is 4.79 Å². The molecule has 0 aliphatic heterocycles. The molecule has 0 atom stereocenters. The number of nitrogens with one attached hydrogen (secondary N) is 1. The van der Waals surface area contributed by atoms with E-state index in [1.807, 2.05) is 6.07 Å². The number of carbonyl (C=O) groups excluding carboxylic acids is 1. The minimum atomic E-state index is -5.56. The Hall–Kier alpha value is -2.75. The zero-order valence-corrected chi connectivity index (χ0v) is 16.1. The van der Waals surface area contributed by atoms with Crippen LogP contribution in [0.4, 0.5) is 18.9 Å². The van der Waals surface area contributed by atoms with E-state index in [9.17, 15) is 26.4 Å². The lowest BCUT2D eigenvalue weighted by Gasteiger charge is -2.15. The zero-order valence-electron chi connectivity index (χ0n) is 15.3. The van der Waals surface area contributed by atoms with Crippen LogP contribution in [-0.4, -0.2) is 33.5 Å². The van der Waals surface area contributed by atoms with Crippen LogP contribution in [0.1, 0.15) is 11.1 Å². The van der Waals surface area contributed by atoms with Gasteiger partial charge in [-0.2, -0.15) is 13.2 Å². The van der Waals surface area contributed by atoms with Crippen LogP contribution in [-0.2, 0) is 14.6 Å². The normalized spacial score (nSPS) is 11.8. The number of rotatable bonds is 6. The van der Waals surface area contributed by atoms with Crippen LogP contribution >= 0.6 is 0 Å². The first kappa shape index (κ1) is 21.5. The second-order valence-electron chi connectivity index (χ2n) is 5.87. The summed E-state index contributed by atoms with van der Waals surface area (Å²) in [6.45, 7) is 3.18. The molecule has 2 rings (SSSR count). The van der Waals surface area contributed by atoms with E-state index in [4.69, 9.17) is 9.47 Å². The summed E-state index contributed by atoms with van der Waals surface area (Å²) >= 11 is 0. The highest BCUT2D eigenvalue weighted by Gasteiger charge is 2.47. The molecule has 28 heavy (non-hydrogen) atoms. The van der Waals surface area contributed by atoms with Crippen molar-refractivity contribution in [3.63, 3.8) is 0 Å². The first-order valence-corrected chi connectivity index (χ1v) is 9.44. The number of methoxy groups -OCH3 is 1. The number of ether oxygens (including phenoxy) is 2. The van der Waals surface area contributed by atoms with Gasteiger partial charge in [0, 0.05) is 0 Å². The van der Waals surface area contributed by atoms with Crippen LogP contribution in [0.2, 0.25) is 0 Å². The van der Waals surface area contributed by atoms with Crippen LogP contribution < -0.4 is 14.8 Å². The van der Waals surface area contributed by atoms with Gasteiger partial charge in [0.2, 0.25) is 0 Å². The number of benzene rings is 2. The zero-order chi connectivity index (χ0) is 21.1. The topological polar surface area (TPSA) is 81.7 Å². The molecule has 0 unspecified atom stereocenters. The summed E-state index contributed by atoms with van der Waals surface area (Å²) in [6, 6.07) is 7.90. The van der Waals surface area contributed by atoms with Crippen LogP contribution in [0.5, 0.6) is 11.5 Å². The third-order valence-electron chi connectivity index (χ3n) is 3.82. The molecule has 0 saturated heterocycles. The molecule has 6 nitrogen and oxygen atoms in total. The van der Waals surface area contributed by atoms with Gasteiger partial charge in [0.25, 0.3) is 15.7 Å². The van der Waals surface area contributed by atoms with Crippen LogP contribution in [0.15, 0.2) is 41.3 Å². The molecular weight excluding hydrogens is 399 g/mol. The summed E-state index contributed by atoms with van der Waals surface area (Å²) in [5.41, 5.74) is -4.07. The molecule has 0 radical (unpaired) electrons. The molecule has 0 fully saturated rings. The maximum Gasteiger partial charge on any atom is 0.501 e. The Morgan fingerprint density at radius 3 is 2.25 bits per heavy atom. The molecule has 152 valence electrons. The van der Waals surface area contributed by atoms with Crippen molar-refractivity contribution in [3.05, 3.63) is 47.5 Å². The molecule has 1 amide bonds. The summed E-state index contributed by atoms with van der Waals surface area (Å²) < 4.78 is 71.9. The van der Waals surface area contributed by atoms with Crippen molar-refractivity contribution < 1.29 is 35.9 Å². The van der Waals surface area contributed by atoms with Crippen LogP contribution in [0.3, 0.4) is 0 Å². The Balaban J connectivity index is 2.23. The van der Waals surface area contributed by atoms with Gasteiger partial charge in [-0.15, -0.1) is 0 Å². The Labute approximate surface area is 160 Å². The fraction of sp³-hybridized carbons (Fsp3) is 0.278. The maximum atomic E-state index is 12.8. The molecule has 0 saturated carbocycles. The van der Waals surface area contributed by atoms with E-state index in [2.05, 4.69) is 5.32 Å². The minimum absolute atomic E-state index is 0.00143. The quantitative estimate of drug-likeness (QED) is 0.776. The number of amides is 1. The molecule has 0 bridgehead atoms. The van der Waals surface area contributed by atoms with Gasteiger partial charge in [0.05, 0.1) is 17.7 Å². The molecule has 0 aromatic heterocycles. The van der Waals surface area contributed by atoms with E-state index < -0.39 is 32.8 Å². The largest absolute Gasteiger partial charge is 0.501 e. The first-order chi connectivity index (χ1) is 13.0. The number of carbonyl (C=O) groups is 1. The van der Waals surface area contributed by atoms with Crippen molar-refractivity contribution in [1.29, 1.82) is 0 Å². The highest BCUT2D eigenvalue weighted by Crippen LogP contribution is 2.34. The van der Waals surface area contributed by atoms with E-state index >= 15 is 0 Å². The number of aryl methyl sites for hydroxylation is 2. The summed E-state index contributed by atoms with van der Waals surface area (Å²) in [6.07, 6.45) is 0. The Morgan fingerprint density at radius 2 is 1.71 bits per heavy atom. The van der Waals surface area contributed by atoms with Gasteiger partial charge >= 0.3 is 5.51 Å². The third kappa shape index (κ3) is 4.56. The maximum absolute atomic E-state index is 12.8. The van der Waals surface area contributed by atoms with Crippen molar-refractivity contribution in [2.45, 2.75) is 24.3 Å². The van der Waals surface area contributed by atoms with Crippen LogP contribution in [0.25, 0.3) is 0 Å². The SMILES string of the molecule is COc1ccc(S(=O)(=O)C(F)(F)F)cc1NC(=O)COc1c(C)cccc1C. The van der Waals surface area contributed by atoms with Crippen molar-refractivity contribution in [3.8, 4) is 11.5 Å². The van der Waals surface area contributed by atoms with Gasteiger partial charge in [-0.05, 0) is 43.2 Å². The average molecular weight is 417 g/mol. The van der Waals surface area contributed by atoms with Crippen molar-refractivity contribution in [2.24, 2.45) is 0 Å². The number of sulfone groups is 1. The third-order valence-corrected chi connectivity index (χ3v) is 5.30. The number of hydrogen-bond donors (Lipinski definition) is 1. The van der Waals surface area contributed by atoms with Crippen LogP contribution in [0, 0.1) is 13.8 Å². The summed E-state index contributed by atoms with van der Waals surface area (Å²) in [4.78, 5) is 11.2. The lowest BCUT2D eigenvalue weighted by atomic mass is 10.1. The second-order valence-corrected chi connectivity index (χ2v) is 7.81. The smallest absolute Gasteiger partial charge is 0.495 e. The average Bonchev–Trinajstić information content (AvgIpc) is 2.60. The molecule has 1 N–H and O–H groups in total. The molecule has 0 aliphatic rings. The number of para-hydroxylation sites is 1. The van der Waals surface area contributed by atoms with E-state index in [-0.39, 0.29) is 11.4 Å². The van der Waals surface area contributed by atoms with Gasteiger partial charge in [0.1, 0.15) is 11.5 Å². The Kier molecular flexibility index (Phi) is 6.23. The standard InChI is InChI=1S/C18H18F3NO5S/c1-11-5-4-6-12(2)17(11)27-10-16(23)22-14-9-13(7-8-15(14)26-3)28(24,25)18(19,20)21/h4-9H,10H2,1-3H3,(H,22,23). The molecule has 2 aromatic rings. The number of hydrogen-bond acceptors (Lipinski definition) is 5. The molecule has 0 spiro atoms. The highest BCUT2D eigenvalue weighted by atomic mass is 32.2. The van der Waals surface area contributed by atoms with Gasteiger partial charge in [-0.1, -0.05) is 18.2 Å². The van der Waals surface area contributed by atoms with Crippen molar-refractivity contribution >= 4 is 21.4 Å². The summed E-state index contributed by atoms with van der Waals surface area (Å²) in [7, 11) is -4.33. The first-order valence-electron chi connectivity index (χ1n) is 7.95. The van der Waals surface area contributed by atoms with Gasteiger partial charge in [-0.25, -0.2) is 8.42 Å². The lowest BCUT2D eigenvalue weighted by molar-refractivity contribution is -0.118. The predicted octanol–water partition coefficient (Wildman–Crippen LogP) is 3.62. The van der Waals surface area contributed by atoms with Crippen molar-refractivity contribution in [1.82, 2.24) is 0 Å². The Bertz CT molecular complexity index is 967. The van der Waals surface area contributed by atoms with Gasteiger partial charge < -0.3 is 14.8 Å². The van der Waals surface area contributed by atoms with E-state index in [0.717, 1.165) is 23.3 Å². The number of halogens is 3. The van der Waals surface area contributed by atoms with E-state index in [1.54, 1.807) is 26.0 Å². The monoisotopic (exact) mass is 417 g/mol. The summed E-state index contributed by atoms with van der Waals surface area (Å²) in [5, 5.41) is 2.31. The molecule has 0 heterocycles. The molecular formula is C18H18F3NO5S. The van der Waals surface area contributed by atoms with E-state index in [1.165, 1.54) is 7.11 Å². The number of alkyl halides is 3. The van der Waals surface area contributed by atoms with Crippen molar-refractivity contribution in [2.75, 3.05) is 19.0 Å². The Morgan fingerprint density at radius 1 is 1.11 bits per heavy atom. The summed E-state index contributed by atoms with van der Waals surface area (Å²) in [5.74, 6) is -0.179. The predicted molar refractivity (Wildman–Crippen MR) is 96.3 cm³/mol. The minimum Gasteiger partial charge on any atom is -0.495 e. The fourth-order valence-corrected chi connectivity index (χ4v) is 3.22. The molecule has 10 heteroatoms. The highest BCUT2D eigenvalue weighted by molar-refractivity contribution is 7.92. The van der Waals surface area contributed by atoms with E-state index in [0.29, 0.717) is 11.8 Å². The number of anilines is 1. The molecule has 2 aromatic carbocycles. The molecule has 0 aliphatic carbocycles.